The molecule has 7 nitrogen and oxygen atoms in total. The smallest absolute Gasteiger partial charge is 0.349 e. The van der Waals surface area contributed by atoms with E-state index in [2.05, 4.69) is 26.5 Å². The molecule has 1 aromatic heterocycles. The van der Waals surface area contributed by atoms with Crippen LogP contribution in [0.2, 0.25) is 0 Å². The van der Waals surface area contributed by atoms with E-state index in [1.807, 2.05) is 18.2 Å². The minimum absolute atomic E-state index is 0.0590. The van der Waals surface area contributed by atoms with Crippen LogP contribution in [0, 0.1) is 0 Å². The Balaban J connectivity index is 1.59. The van der Waals surface area contributed by atoms with E-state index in [1.54, 1.807) is 5.38 Å². The fourth-order valence-corrected chi connectivity index (χ4v) is 5.32. The van der Waals surface area contributed by atoms with Gasteiger partial charge in [-0.1, -0.05) is 30.3 Å². The second-order valence-corrected chi connectivity index (χ2v) is 8.82. The maximum absolute atomic E-state index is 12.6. The lowest BCUT2D eigenvalue weighted by Gasteiger charge is -2.33. The molecule has 3 rings (SSSR count). The number of sulfonamides is 1. The Morgan fingerprint density at radius 1 is 1.33 bits per heavy atom. The number of carbonyl (C=O) groups excluding carboxylic acids is 1. The van der Waals surface area contributed by atoms with E-state index in [0.29, 0.717) is 13.2 Å². The monoisotopic (exact) mass is 410 g/mol. The lowest BCUT2D eigenvalue weighted by Crippen LogP contribution is -2.47. The number of methoxy groups -OCH3 is 1. The molecular formula is C18H22N2O5S2. The Morgan fingerprint density at radius 3 is 2.85 bits per heavy atom. The molecule has 1 aliphatic rings. The zero-order valence-electron chi connectivity index (χ0n) is 15.0. The van der Waals surface area contributed by atoms with Crippen LogP contribution in [0.4, 0.5) is 0 Å². The van der Waals surface area contributed by atoms with Crippen LogP contribution < -0.4 is 4.72 Å². The van der Waals surface area contributed by atoms with Crippen molar-refractivity contribution >= 4 is 27.3 Å². The summed E-state index contributed by atoms with van der Waals surface area (Å²) in [6.07, 6.45) is -0.252. The van der Waals surface area contributed by atoms with Crippen LogP contribution in [-0.4, -0.2) is 58.7 Å². The van der Waals surface area contributed by atoms with Gasteiger partial charge in [0.1, 0.15) is 9.77 Å². The molecule has 9 heteroatoms. The summed E-state index contributed by atoms with van der Waals surface area (Å²) in [5.41, 5.74) is 1.21. The van der Waals surface area contributed by atoms with Crippen LogP contribution in [0.1, 0.15) is 15.2 Å². The molecule has 0 amide bonds. The largest absolute Gasteiger partial charge is 0.465 e. The number of morpholine rings is 1. The van der Waals surface area contributed by atoms with Gasteiger partial charge in [0, 0.05) is 26.2 Å². The number of hydrogen-bond donors (Lipinski definition) is 1. The molecule has 2 heterocycles. The Kier molecular flexibility index (Phi) is 6.61. The summed E-state index contributed by atoms with van der Waals surface area (Å²) >= 11 is 1.04. The number of nitrogens with one attached hydrogen (secondary N) is 1. The van der Waals surface area contributed by atoms with Gasteiger partial charge >= 0.3 is 5.97 Å². The highest BCUT2D eigenvalue weighted by Gasteiger charge is 2.27. The van der Waals surface area contributed by atoms with Crippen molar-refractivity contribution < 1.29 is 22.7 Å². The third-order valence-electron chi connectivity index (χ3n) is 4.26. The van der Waals surface area contributed by atoms with Gasteiger partial charge in [0.15, 0.2) is 0 Å². The minimum Gasteiger partial charge on any atom is -0.465 e. The van der Waals surface area contributed by atoms with E-state index in [4.69, 9.17) is 4.74 Å². The van der Waals surface area contributed by atoms with Crippen LogP contribution in [0.3, 0.4) is 0 Å². The summed E-state index contributed by atoms with van der Waals surface area (Å²) in [6, 6.07) is 11.5. The predicted octanol–water partition coefficient (Wildman–Crippen LogP) is 1.71. The van der Waals surface area contributed by atoms with Gasteiger partial charge < -0.3 is 9.47 Å². The number of hydrogen-bond acceptors (Lipinski definition) is 7. The number of ether oxygens (including phenoxy) is 2. The van der Waals surface area contributed by atoms with Crippen molar-refractivity contribution in [3.63, 3.8) is 0 Å². The lowest BCUT2D eigenvalue weighted by atomic mass is 10.2. The third-order valence-corrected chi connectivity index (χ3v) is 6.75. The molecule has 1 atom stereocenters. The molecule has 1 fully saturated rings. The first kappa shape index (κ1) is 20.0. The summed E-state index contributed by atoms with van der Waals surface area (Å²) in [6.45, 7) is 2.92. The number of rotatable bonds is 7. The molecular weight excluding hydrogens is 388 g/mol. The van der Waals surface area contributed by atoms with Crippen molar-refractivity contribution in [2.75, 3.05) is 33.4 Å². The van der Waals surface area contributed by atoms with Gasteiger partial charge in [-0.25, -0.2) is 17.9 Å². The highest BCUT2D eigenvalue weighted by Crippen LogP contribution is 2.22. The molecule has 2 aromatic rings. The van der Waals surface area contributed by atoms with Gasteiger partial charge in [-0.2, -0.15) is 0 Å². The number of thiophene rings is 1. The first-order valence-electron chi connectivity index (χ1n) is 8.53. The Hall–Kier alpha value is -1.78. The zero-order chi connectivity index (χ0) is 19.3. The molecule has 0 spiro atoms. The summed E-state index contributed by atoms with van der Waals surface area (Å²) in [5, 5.41) is 1.56. The van der Waals surface area contributed by atoms with Crippen molar-refractivity contribution in [3.8, 4) is 0 Å². The molecule has 0 radical (unpaired) electrons. The summed E-state index contributed by atoms with van der Waals surface area (Å²) in [7, 11) is -2.59. The lowest BCUT2D eigenvalue weighted by molar-refractivity contribution is -0.0276. The van der Waals surface area contributed by atoms with Crippen LogP contribution in [0.15, 0.2) is 46.7 Å². The van der Waals surface area contributed by atoms with Crippen LogP contribution >= 0.6 is 11.3 Å². The van der Waals surface area contributed by atoms with Crippen LogP contribution in [0.25, 0.3) is 0 Å². The molecule has 1 N–H and O–H groups in total. The zero-order valence-corrected chi connectivity index (χ0v) is 16.6. The molecule has 0 bridgehead atoms. The van der Waals surface area contributed by atoms with Gasteiger partial charge in [-0.15, -0.1) is 11.3 Å². The van der Waals surface area contributed by atoms with Gasteiger partial charge in [0.05, 0.1) is 19.8 Å². The van der Waals surface area contributed by atoms with Crippen LogP contribution in [-0.2, 0) is 26.0 Å². The maximum atomic E-state index is 12.6. The quantitative estimate of drug-likeness (QED) is 0.700. The minimum atomic E-state index is -3.82. The van der Waals surface area contributed by atoms with E-state index in [-0.39, 0.29) is 22.4 Å². The number of esters is 1. The fraction of sp³-hybridized carbons (Fsp3) is 0.389. The second kappa shape index (κ2) is 8.94. The van der Waals surface area contributed by atoms with E-state index in [0.717, 1.165) is 24.4 Å². The van der Waals surface area contributed by atoms with Gasteiger partial charge in [0.2, 0.25) is 10.0 Å². The van der Waals surface area contributed by atoms with Crippen molar-refractivity contribution in [3.05, 3.63) is 52.2 Å². The highest BCUT2D eigenvalue weighted by atomic mass is 32.2. The van der Waals surface area contributed by atoms with Gasteiger partial charge in [-0.05, 0) is 17.0 Å². The van der Waals surface area contributed by atoms with Gasteiger partial charge in [-0.3, -0.25) is 4.90 Å². The second-order valence-electron chi connectivity index (χ2n) is 6.17. The van der Waals surface area contributed by atoms with Crippen molar-refractivity contribution in [1.82, 2.24) is 9.62 Å². The standard InChI is InChI=1S/C18H22N2O5S2/c1-24-18(21)17-16(7-10-26-17)27(22,23)19-11-15-13-20(8-9-25-15)12-14-5-3-2-4-6-14/h2-7,10,15,19H,8-9,11-13H2,1H3. The summed E-state index contributed by atoms with van der Waals surface area (Å²) in [5.74, 6) is -0.659. The Bertz CT molecular complexity index is 867. The molecule has 1 aromatic carbocycles. The summed E-state index contributed by atoms with van der Waals surface area (Å²) < 4.78 is 38.0. The number of nitrogens with zero attached hydrogens (tertiary/aromatic N) is 1. The van der Waals surface area contributed by atoms with E-state index >= 15 is 0 Å². The molecule has 146 valence electrons. The SMILES string of the molecule is COC(=O)c1sccc1S(=O)(=O)NCC1CN(Cc2ccccc2)CCO1. The first-order valence-corrected chi connectivity index (χ1v) is 10.9. The van der Waals surface area contributed by atoms with Gasteiger partial charge in [0.25, 0.3) is 0 Å². The van der Waals surface area contributed by atoms with E-state index < -0.39 is 16.0 Å². The molecule has 27 heavy (non-hydrogen) atoms. The molecule has 1 aliphatic heterocycles. The summed E-state index contributed by atoms with van der Waals surface area (Å²) in [4.78, 5) is 14.0. The molecule has 1 unspecified atom stereocenters. The fourth-order valence-electron chi connectivity index (χ4n) is 2.92. The van der Waals surface area contributed by atoms with Crippen LogP contribution in [0.5, 0.6) is 0 Å². The Labute approximate surface area is 163 Å². The number of benzene rings is 1. The molecule has 1 saturated heterocycles. The predicted molar refractivity (Wildman–Crippen MR) is 102 cm³/mol. The van der Waals surface area contributed by atoms with Crippen molar-refractivity contribution in [2.45, 2.75) is 17.5 Å². The first-order chi connectivity index (χ1) is 13.0. The Morgan fingerprint density at radius 2 is 2.11 bits per heavy atom. The average Bonchev–Trinajstić information content (AvgIpc) is 3.18. The molecule has 0 aliphatic carbocycles. The van der Waals surface area contributed by atoms with E-state index in [9.17, 15) is 13.2 Å². The van der Waals surface area contributed by atoms with Crippen molar-refractivity contribution in [2.24, 2.45) is 0 Å². The maximum Gasteiger partial charge on any atom is 0.349 e. The number of carbonyl (C=O) groups is 1. The highest BCUT2D eigenvalue weighted by molar-refractivity contribution is 7.89. The van der Waals surface area contributed by atoms with E-state index in [1.165, 1.54) is 18.7 Å². The topological polar surface area (TPSA) is 84.9 Å². The normalized spacial score (nSPS) is 18.3. The van der Waals surface area contributed by atoms with Crippen molar-refractivity contribution in [1.29, 1.82) is 0 Å². The third kappa shape index (κ3) is 5.14. The molecule has 0 saturated carbocycles. The average molecular weight is 411 g/mol.